The molecule has 7 atom stereocenters. The lowest BCUT2D eigenvalue weighted by molar-refractivity contribution is -0.318. The van der Waals surface area contributed by atoms with E-state index in [-0.39, 0.29) is 5.75 Å². The van der Waals surface area contributed by atoms with E-state index in [0.29, 0.717) is 5.56 Å². The lowest BCUT2D eigenvalue weighted by Crippen LogP contribution is -2.60. The molecule has 194 valence electrons. The number of phenolic OH excluding ortho intramolecular Hbond substituents is 1. The van der Waals surface area contributed by atoms with Crippen molar-refractivity contribution in [2.24, 2.45) is 0 Å². The molecule has 1 aromatic rings. The molecule has 13 heteroatoms. The first kappa shape index (κ1) is 28.2. The molecule has 0 aliphatic carbocycles. The number of esters is 2. The Balaban J connectivity index is 2.01. The lowest BCUT2D eigenvalue weighted by atomic mass is 9.99. The summed E-state index contributed by atoms with van der Waals surface area (Å²) in [5, 5.41) is 59.0. The molecule has 0 aromatic heterocycles. The van der Waals surface area contributed by atoms with Gasteiger partial charge in [0.25, 0.3) is 0 Å². The normalized spacial score (nSPS) is 26.1. The number of carboxylic acid groups (broad SMARTS) is 1. The van der Waals surface area contributed by atoms with E-state index in [4.69, 9.17) is 19.3 Å². The third kappa shape index (κ3) is 8.90. The lowest BCUT2D eigenvalue weighted by Gasteiger charge is -2.41. The Labute approximate surface area is 199 Å². The van der Waals surface area contributed by atoms with Gasteiger partial charge in [-0.3, -0.25) is 9.59 Å². The van der Waals surface area contributed by atoms with Crippen LogP contribution in [-0.4, -0.2) is 105 Å². The summed E-state index contributed by atoms with van der Waals surface area (Å²) in [4.78, 5) is 34.1. The highest BCUT2D eigenvalue weighted by atomic mass is 16.7. The Morgan fingerprint density at radius 2 is 1.71 bits per heavy atom. The molecular formula is C22H28O13. The highest BCUT2D eigenvalue weighted by molar-refractivity contribution is 5.87. The summed E-state index contributed by atoms with van der Waals surface area (Å²) < 4.78 is 20.3. The predicted octanol–water partition coefficient (Wildman–Crippen LogP) is -1.46. The van der Waals surface area contributed by atoms with E-state index in [1.165, 1.54) is 18.2 Å². The van der Waals surface area contributed by atoms with E-state index >= 15 is 0 Å². The van der Waals surface area contributed by atoms with Crippen molar-refractivity contribution in [3.05, 3.63) is 35.9 Å². The predicted molar refractivity (Wildman–Crippen MR) is 115 cm³/mol. The number of phenols is 1. The molecule has 1 fully saturated rings. The van der Waals surface area contributed by atoms with Gasteiger partial charge in [-0.1, -0.05) is 12.1 Å². The topological polar surface area (TPSA) is 210 Å². The van der Waals surface area contributed by atoms with E-state index in [2.05, 4.69) is 4.74 Å². The van der Waals surface area contributed by atoms with Gasteiger partial charge in [-0.15, -0.1) is 0 Å². The summed E-state index contributed by atoms with van der Waals surface area (Å²) >= 11 is 0. The van der Waals surface area contributed by atoms with Crippen molar-refractivity contribution >= 4 is 24.0 Å². The SMILES string of the molecule is CC(=O)OCC(O)C(CC(=O)O)OC1OC(COC(=O)C=Cc2ccc(O)cc2)C(O)C(O)C1O. The molecule has 0 radical (unpaired) electrons. The van der Waals surface area contributed by atoms with Crippen LogP contribution in [0.2, 0.25) is 0 Å². The van der Waals surface area contributed by atoms with Crippen LogP contribution >= 0.6 is 0 Å². The molecule has 0 bridgehead atoms. The molecule has 1 saturated heterocycles. The van der Waals surface area contributed by atoms with Gasteiger partial charge in [-0.2, -0.15) is 0 Å². The van der Waals surface area contributed by atoms with Gasteiger partial charge < -0.3 is 49.6 Å². The number of carbonyl (C=O) groups is 3. The van der Waals surface area contributed by atoms with Crippen molar-refractivity contribution in [3.63, 3.8) is 0 Å². The van der Waals surface area contributed by atoms with Crippen molar-refractivity contribution in [2.75, 3.05) is 13.2 Å². The highest BCUT2D eigenvalue weighted by Gasteiger charge is 2.46. The van der Waals surface area contributed by atoms with Gasteiger partial charge in [0.15, 0.2) is 6.29 Å². The second kappa shape index (κ2) is 13.1. The van der Waals surface area contributed by atoms with Gasteiger partial charge in [-0.25, -0.2) is 4.79 Å². The van der Waals surface area contributed by atoms with Gasteiger partial charge in [0.05, 0.1) is 6.42 Å². The first-order valence-electron chi connectivity index (χ1n) is 10.5. The van der Waals surface area contributed by atoms with Crippen molar-refractivity contribution in [2.45, 2.75) is 56.3 Å². The van der Waals surface area contributed by atoms with Crippen LogP contribution in [0.3, 0.4) is 0 Å². The van der Waals surface area contributed by atoms with Gasteiger partial charge in [0.1, 0.15) is 55.6 Å². The van der Waals surface area contributed by atoms with Crippen LogP contribution in [0, 0.1) is 0 Å². The van der Waals surface area contributed by atoms with Crippen LogP contribution in [0.1, 0.15) is 18.9 Å². The number of hydrogen-bond donors (Lipinski definition) is 6. The standard InChI is InChI=1S/C22H28O13/c1-11(23)32-9-14(25)15(8-17(26)27)34-22-21(31)20(30)19(29)16(35-22)10-33-18(28)7-4-12-2-5-13(24)6-3-12/h2-7,14-16,19-22,24-25,29-31H,8-10H2,1H3,(H,26,27). The number of aliphatic hydroxyl groups is 4. The third-order valence-electron chi connectivity index (χ3n) is 4.93. The molecule has 0 spiro atoms. The monoisotopic (exact) mass is 500 g/mol. The molecule has 6 N–H and O–H groups in total. The number of hydrogen-bond acceptors (Lipinski definition) is 12. The van der Waals surface area contributed by atoms with E-state index in [1.807, 2.05) is 0 Å². The van der Waals surface area contributed by atoms with Crippen LogP contribution in [0.15, 0.2) is 30.3 Å². The number of benzene rings is 1. The van der Waals surface area contributed by atoms with E-state index in [1.54, 1.807) is 12.1 Å². The summed E-state index contributed by atoms with van der Waals surface area (Å²) in [6.45, 7) is -0.0872. The fourth-order valence-corrected chi connectivity index (χ4v) is 3.06. The van der Waals surface area contributed by atoms with Crippen molar-refractivity contribution < 1.29 is 64.0 Å². The van der Waals surface area contributed by atoms with Crippen molar-refractivity contribution in [1.82, 2.24) is 0 Å². The second-order valence-electron chi connectivity index (χ2n) is 7.71. The molecule has 1 aliphatic heterocycles. The Kier molecular flexibility index (Phi) is 10.6. The Morgan fingerprint density at radius 1 is 1.06 bits per heavy atom. The molecule has 1 aliphatic rings. The molecular weight excluding hydrogens is 472 g/mol. The molecule has 35 heavy (non-hydrogen) atoms. The van der Waals surface area contributed by atoms with Crippen molar-refractivity contribution in [1.29, 1.82) is 0 Å². The number of rotatable bonds is 11. The van der Waals surface area contributed by atoms with Crippen LogP contribution < -0.4 is 0 Å². The van der Waals surface area contributed by atoms with E-state index < -0.39 is 80.5 Å². The maximum Gasteiger partial charge on any atom is 0.330 e. The summed E-state index contributed by atoms with van der Waals surface area (Å²) in [5.41, 5.74) is 0.595. The zero-order valence-electron chi connectivity index (χ0n) is 18.7. The molecule has 0 saturated carbocycles. The average molecular weight is 500 g/mol. The van der Waals surface area contributed by atoms with Gasteiger partial charge in [0, 0.05) is 13.0 Å². The van der Waals surface area contributed by atoms with E-state index in [9.17, 15) is 39.9 Å². The van der Waals surface area contributed by atoms with Gasteiger partial charge in [-0.05, 0) is 23.8 Å². The fraction of sp³-hybridized carbons (Fsp3) is 0.500. The number of ether oxygens (including phenoxy) is 4. The smallest absolute Gasteiger partial charge is 0.330 e. The maximum absolute atomic E-state index is 12.0. The molecule has 0 amide bonds. The number of aliphatic carboxylic acids is 1. The van der Waals surface area contributed by atoms with Crippen LogP contribution in [-0.2, 0) is 33.3 Å². The number of aromatic hydroxyl groups is 1. The summed E-state index contributed by atoms with van der Waals surface area (Å²) in [6.07, 6.45) is -9.87. The molecule has 1 heterocycles. The van der Waals surface area contributed by atoms with Gasteiger partial charge in [0.2, 0.25) is 0 Å². The summed E-state index contributed by atoms with van der Waals surface area (Å²) in [6, 6.07) is 5.95. The minimum absolute atomic E-state index is 0.0511. The fourth-order valence-electron chi connectivity index (χ4n) is 3.06. The largest absolute Gasteiger partial charge is 0.508 e. The van der Waals surface area contributed by atoms with Gasteiger partial charge >= 0.3 is 17.9 Å². The molecule has 13 nitrogen and oxygen atoms in total. The Bertz CT molecular complexity index is 884. The van der Waals surface area contributed by atoms with Crippen LogP contribution in [0.25, 0.3) is 6.08 Å². The summed E-state index contributed by atoms with van der Waals surface area (Å²) in [5.74, 6) is -2.89. The average Bonchev–Trinajstić information content (AvgIpc) is 2.80. The minimum atomic E-state index is -1.84. The Morgan fingerprint density at radius 3 is 2.31 bits per heavy atom. The van der Waals surface area contributed by atoms with E-state index in [0.717, 1.165) is 13.0 Å². The quantitative estimate of drug-likeness (QED) is 0.152. The maximum atomic E-state index is 12.0. The second-order valence-corrected chi connectivity index (χ2v) is 7.71. The molecule has 7 unspecified atom stereocenters. The third-order valence-corrected chi connectivity index (χ3v) is 4.93. The highest BCUT2D eigenvalue weighted by Crippen LogP contribution is 2.25. The zero-order valence-corrected chi connectivity index (χ0v) is 18.7. The van der Waals surface area contributed by atoms with Crippen molar-refractivity contribution in [3.8, 4) is 5.75 Å². The van der Waals surface area contributed by atoms with Crippen LogP contribution in [0.4, 0.5) is 0 Å². The first-order valence-corrected chi connectivity index (χ1v) is 10.5. The Hall–Kier alpha value is -3.07. The number of aliphatic hydroxyl groups excluding tert-OH is 4. The first-order chi connectivity index (χ1) is 16.5. The zero-order chi connectivity index (χ0) is 26.1. The number of carboxylic acids is 1. The summed E-state index contributed by atoms with van der Waals surface area (Å²) in [7, 11) is 0. The number of carbonyl (C=O) groups excluding carboxylic acids is 2. The van der Waals surface area contributed by atoms with Crippen LogP contribution in [0.5, 0.6) is 5.75 Å². The molecule has 1 aromatic carbocycles. The minimum Gasteiger partial charge on any atom is -0.508 e. The molecule has 2 rings (SSSR count).